The maximum absolute atomic E-state index is 11.3. The van der Waals surface area contributed by atoms with Gasteiger partial charge in [0, 0.05) is 5.41 Å². The predicted molar refractivity (Wildman–Crippen MR) is 90.9 cm³/mol. The normalized spacial score (nSPS) is 13.5. The van der Waals surface area contributed by atoms with Crippen LogP contribution in [0, 0.1) is 16.7 Å². The largest absolute Gasteiger partial charge is 0.481 e. The van der Waals surface area contributed by atoms with Crippen LogP contribution in [0.2, 0.25) is 0 Å². The van der Waals surface area contributed by atoms with Gasteiger partial charge in [-0.1, -0.05) is 38.5 Å². The number of hydrogen-bond donors (Lipinski definition) is 2. The van der Waals surface area contributed by atoms with Gasteiger partial charge < -0.3 is 10.2 Å². The van der Waals surface area contributed by atoms with Crippen molar-refractivity contribution in [3.63, 3.8) is 0 Å². The summed E-state index contributed by atoms with van der Waals surface area (Å²) in [6, 6.07) is 0. The minimum atomic E-state index is -0.787. The molecule has 0 amide bonds. The summed E-state index contributed by atoms with van der Waals surface area (Å²) in [5.74, 6) is -1.74. The molecule has 0 aromatic carbocycles. The molecule has 0 radical (unpaired) electrons. The standard InChI is InChI=1S/C14H24O2.C4H8O2/c1-7-14(6,10-8-9-11(2)3)13(4,5)12(15)16;1-3(2)4(5)6/h7,9H,1,8,10H2,2-6H3,(H,15,16);3H,1-2H3,(H,5,6). The van der Waals surface area contributed by atoms with Crippen LogP contribution in [0.4, 0.5) is 0 Å². The van der Waals surface area contributed by atoms with Crippen molar-refractivity contribution in [2.75, 3.05) is 0 Å². The maximum atomic E-state index is 11.3. The van der Waals surface area contributed by atoms with Crippen molar-refractivity contribution in [3.05, 3.63) is 24.3 Å². The van der Waals surface area contributed by atoms with Gasteiger partial charge in [-0.05, 0) is 40.5 Å². The Hall–Kier alpha value is -1.58. The topological polar surface area (TPSA) is 74.6 Å². The van der Waals surface area contributed by atoms with E-state index in [1.54, 1.807) is 33.8 Å². The first-order valence-electron chi connectivity index (χ1n) is 7.55. The highest BCUT2D eigenvalue weighted by Gasteiger charge is 2.43. The van der Waals surface area contributed by atoms with Crippen LogP contribution in [0.1, 0.15) is 61.3 Å². The average Bonchev–Trinajstić information content (AvgIpc) is 2.38. The van der Waals surface area contributed by atoms with Gasteiger partial charge in [0.25, 0.3) is 0 Å². The van der Waals surface area contributed by atoms with Crippen LogP contribution in [-0.4, -0.2) is 22.2 Å². The summed E-state index contributed by atoms with van der Waals surface area (Å²) in [7, 11) is 0. The molecule has 0 heterocycles. The first-order valence-corrected chi connectivity index (χ1v) is 7.55. The lowest BCUT2D eigenvalue weighted by molar-refractivity contribution is -0.152. The SMILES string of the molecule is C=CC(C)(CCC=C(C)C)C(C)(C)C(=O)O.CC(C)C(=O)O. The van der Waals surface area contributed by atoms with Crippen LogP contribution in [0.25, 0.3) is 0 Å². The second kappa shape index (κ2) is 9.44. The second-order valence-electron chi connectivity index (χ2n) is 6.86. The molecule has 1 atom stereocenters. The van der Waals surface area contributed by atoms with Crippen molar-refractivity contribution in [1.29, 1.82) is 0 Å². The molecule has 0 fully saturated rings. The number of allylic oxidation sites excluding steroid dienone is 3. The lowest BCUT2D eigenvalue weighted by atomic mass is 9.64. The number of aliphatic carboxylic acids is 2. The Labute approximate surface area is 134 Å². The fourth-order valence-corrected chi connectivity index (χ4v) is 1.57. The minimum absolute atomic E-state index is 0.231. The molecule has 0 aromatic rings. The van der Waals surface area contributed by atoms with Gasteiger partial charge >= 0.3 is 11.9 Å². The number of hydrogen-bond acceptors (Lipinski definition) is 2. The highest BCUT2D eigenvalue weighted by molar-refractivity contribution is 5.75. The molecule has 0 rings (SSSR count). The summed E-state index contributed by atoms with van der Waals surface area (Å²) in [5, 5.41) is 17.2. The summed E-state index contributed by atoms with van der Waals surface area (Å²) in [6.07, 6.45) is 5.61. The van der Waals surface area contributed by atoms with E-state index in [1.165, 1.54) is 5.57 Å². The van der Waals surface area contributed by atoms with E-state index >= 15 is 0 Å². The predicted octanol–water partition coefficient (Wildman–Crippen LogP) is 4.76. The van der Waals surface area contributed by atoms with Gasteiger partial charge in [0.05, 0.1) is 11.3 Å². The molecule has 22 heavy (non-hydrogen) atoms. The summed E-state index contributed by atoms with van der Waals surface area (Å²) in [6.45, 7) is 16.7. The molecule has 0 aliphatic heterocycles. The van der Waals surface area contributed by atoms with Crippen molar-refractivity contribution in [3.8, 4) is 0 Å². The van der Waals surface area contributed by atoms with Crippen LogP contribution in [0.15, 0.2) is 24.3 Å². The molecule has 4 nitrogen and oxygen atoms in total. The molecule has 128 valence electrons. The summed E-state index contributed by atoms with van der Waals surface area (Å²) >= 11 is 0. The van der Waals surface area contributed by atoms with Crippen molar-refractivity contribution in [1.82, 2.24) is 0 Å². The van der Waals surface area contributed by atoms with Gasteiger partial charge in [-0.3, -0.25) is 9.59 Å². The summed E-state index contributed by atoms with van der Waals surface area (Å²) in [5.41, 5.74) is 0.0919. The van der Waals surface area contributed by atoms with E-state index in [0.717, 1.165) is 12.8 Å². The van der Waals surface area contributed by atoms with E-state index in [9.17, 15) is 14.7 Å². The van der Waals surface area contributed by atoms with E-state index in [0.29, 0.717) is 0 Å². The van der Waals surface area contributed by atoms with Gasteiger partial charge in [-0.25, -0.2) is 0 Å². The lowest BCUT2D eigenvalue weighted by Gasteiger charge is -2.38. The molecular weight excluding hydrogens is 280 g/mol. The number of carbonyl (C=O) groups is 2. The molecule has 0 saturated heterocycles. The van der Waals surface area contributed by atoms with Crippen molar-refractivity contribution < 1.29 is 19.8 Å². The van der Waals surface area contributed by atoms with Gasteiger partial charge in [0.2, 0.25) is 0 Å². The Balaban J connectivity index is 0. The lowest BCUT2D eigenvalue weighted by Crippen LogP contribution is -2.40. The van der Waals surface area contributed by atoms with Crippen LogP contribution >= 0.6 is 0 Å². The zero-order chi connectivity index (χ0) is 18.1. The van der Waals surface area contributed by atoms with Gasteiger partial charge in [0.15, 0.2) is 0 Å². The van der Waals surface area contributed by atoms with Gasteiger partial charge in [-0.2, -0.15) is 0 Å². The van der Waals surface area contributed by atoms with Crippen LogP contribution in [-0.2, 0) is 9.59 Å². The third-order valence-corrected chi connectivity index (χ3v) is 4.12. The van der Waals surface area contributed by atoms with E-state index in [1.807, 2.05) is 20.8 Å². The Morgan fingerprint density at radius 1 is 1.14 bits per heavy atom. The molecule has 0 saturated carbocycles. The average molecular weight is 312 g/mol. The molecule has 0 aromatic heterocycles. The molecular formula is C18H32O4. The maximum Gasteiger partial charge on any atom is 0.309 e. The fraction of sp³-hybridized carbons (Fsp3) is 0.667. The Kier molecular flexibility index (Phi) is 9.74. The van der Waals surface area contributed by atoms with Crippen molar-refractivity contribution in [2.45, 2.75) is 61.3 Å². The second-order valence-corrected chi connectivity index (χ2v) is 6.86. The van der Waals surface area contributed by atoms with Crippen molar-refractivity contribution in [2.24, 2.45) is 16.7 Å². The molecule has 0 spiro atoms. The Bertz CT molecular complexity index is 415. The van der Waals surface area contributed by atoms with Crippen LogP contribution < -0.4 is 0 Å². The summed E-state index contributed by atoms with van der Waals surface area (Å²) in [4.78, 5) is 21.0. The molecule has 1 unspecified atom stereocenters. The van der Waals surface area contributed by atoms with Crippen LogP contribution in [0.3, 0.4) is 0 Å². The first-order chi connectivity index (χ1) is 9.81. The zero-order valence-corrected chi connectivity index (χ0v) is 15.1. The van der Waals surface area contributed by atoms with Gasteiger partial charge in [-0.15, -0.1) is 6.58 Å². The number of carboxylic acid groups (broad SMARTS) is 2. The minimum Gasteiger partial charge on any atom is -0.481 e. The highest BCUT2D eigenvalue weighted by Crippen LogP contribution is 2.43. The summed E-state index contributed by atoms with van der Waals surface area (Å²) < 4.78 is 0. The number of carboxylic acids is 2. The molecule has 0 bridgehead atoms. The quantitative estimate of drug-likeness (QED) is 0.664. The molecule has 0 aliphatic carbocycles. The number of rotatable bonds is 7. The Morgan fingerprint density at radius 3 is 1.77 bits per heavy atom. The van der Waals surface area contributed by atoms with E-state index in [-0.39, 0.29) is 11.3 Å². The van der Waals surface area contributed by atoms with Crippen molar-refractivity contribution >= 4 is 11.9 Å². The smallest absolute Gasteiger partial charge is 0.309 e. The highest BCUT2D eigenvalue weighted by atomic mass is 16.4. The molecule has 2 N–H and O–H groups in total. The van der Waals surface area contributed by atoms with E-state index in [4.69, 9.17) is 5.11 Å². The van der Waals surface area contributed by atoms with E-state index in [2.05, 4.69) is 12.7 Å². The zero-order valence-electron chi connectivity index (χ0n) is 15.1. The Morgan fingerprint density at radius 2 is 1.55 bits per heavy atom. The third kappa shape index (κ3) is 7.43. The van der Waals surface area contributed by atoms with Gasteiger partial charge in [0.1, 0.15) is 0 Å². The third-order valence-electron chi connectivity index (χ3n) is 4.12. The van der Waals surface area contributed by atoms with Crippen LogP contribution in [0.5, 0.6) is 0 Å². The monoisotopic (exact) mass is 312 g/mol. The molecule has 4 heteroatoms. The van der Waals surface area contributed by atoms with E-state index < -0.39 is 17.4 Å². The first kappa shape index (κ1) is 22.7. The fourth-order valence-electron chi connectivity index (χ4n) is 1.57. The molecule has 0 aliphatic rings.